The Labute approximate surface area is 203 Å². The number of rotatable bonds is 6. The van der Waals surface area contributed by atoms with Crippen LogP contribution < -0.4 is 10.6 Å². The number of halogens is 1. The summed E-state index contributed by atoms with van der Waals surface area (Å²) in [5.41, 5.74) is 7.11. The first-order chi connectivity index (χ1) is 17.2. The lowest BCUT2D eigenvalue weighted by Crippen LogP contribution is -2.35. The highest BCUT2D eigenvalue weighted by molar-refractivity contribution is 5.95. The third-order valence-electron chi connectivity index (χ3n) is 6.64. The van der Waals surface area contributed by atoms with Gasteiger partial charge in [0.25, 0.3) is 0 Å². The molecule has 0 atom stereocenters. The molecule has 1 saturated heterocycles. The molecule has 6 rings (SSSR count). The monoisotopic (exact) mass is 466 g/mol. The molecule has 1 fully saturated rings. The van der Waals surface area contributed by atoms with Crippen LogP contribution in [0, 0.1) is 5.82 Å². The Hall–Kier alpha value is -3.97. The Morgan fingerprint density at radius 1 is 0.971 bits per heavy atom. The fourth-order valence-corrected chi connectivity index (χ4v) is 4.77. The highest BCUT2D eigenvalue weighted by Gasteiger charge is 2.13. The summed E-state index contributed by atoms with van der Waals surface area (Å²) < 4.78 is 15.4. The van der Waals surface area contributed by atoms with Gasteiger partial charge in [-0.2, -0.15) is 5.10 Å². The summed E-state index contributed by atoms with van der Waals surface area (Å²) in [6.07, 6.45) is 10.0. The van der Waals surface area contributed by atoms with Crippen LogP contribution in [-0.4, -0.2) is 38.9 Å². The van der Waals surface area contributed by atoms with Crippen LogP contribution in [0.2, 0.25) is 0 Å². The van der Waals surface area contributed by atoms with Gasteiger partial charge in [-0.15, -0.1) is 0 Å². The first-order valence-corrected chi connectivity index (χ1v) is 12.0. The normalized spacial score (nSPS) is 14.4. The van der Waals surface area contributed by atoms with E-state index in [0.717, 1.165) is 70.5 Å². The van der Waals surface area contributed by atoms with Gasteiger partial charge in [0.05, 0.1) is 12.7 Å². The highest BCUT2D eigenvalue weighted by Crippen LogP contribution is 2.31. The molecule has 0 spiro atoms. The first-order valence-electron chi connectivity index (χ1n) is 12.0. The molecule has 0 radical (unpaired) electrons. The smallest absolute Gasteiger partial charge is 0.137 e. The zero-order chi connectivity index (χ0) is 23.6. The Bertz CT molecular complexity index is 1450. The van der Waals surface area contributed by atoms with Crippen LogP contribution in [0.25, 0.3) is 33.3 Å². The Balaban J connectivity index is 1.23. The second kappa shape index (κ2) is 9.35. The van der Waals surface area contributed by atoms with E-state index >= 15 is 0 Å². The van der Waals surface area contributed by atoms with Crippen molar-refractivity contribution in [3.63, 3.8) is 0 Å². The minimum Gasteiger partial charge on any atom is -0.382 e. The van der Waals surface area contributed by atoms with Crippen LogP contribution in [0.15, 0.2) is 79.4 Å². The van der Waals surface area contributed by atoms with E-state index in [9.17, 15) is 4.39 Å². The molecular formula is C28H27FN6. The number of hydrogen-bond donors (Lipinski definition) is 3. The molecule has 6 nitrogen and oxygen atoms in total. The minimum atomic E-state index is -0.236. The van der Waals surface area contributed by atoms with Crippen molar-refractivity contribution in [1.29, 1.82) is 0 Å². The second-order valence-corrected chi connectivity index (χ2v) is 9.12. The lowest BCUT2D eigenvalue weighted by Gasteiger charge is -2.24. The van der Waals surface area contributed by atoms with E-state index in [2.05, 4.69) is 56.0 Å². The fourth-order valence-electron chi connectivity index (χ4n) is 4.77. The van der Waals surface area contributed by atoms with Gasteiger partial charge in [-0.1, -0.05) is 24.3 Å². The first kappa shape index (κ1) is 21.6. The number of benzene rings is 2. The SMILES string of the molecule is Fc1cccc(Cn2cc(-c3c[nH]c4ncc(-c5ccc(NC6CCNCC6)cc5)cc34)cn2)c1. The van der Waals surface area contributed by atoms with E-state index < -0.39 is 0 Å². The molecule has 1 aliphatic heterocycles. The lowest BCUT2D eigenvalue weighted by atomic mass is 10.0. The van der Waals surface area contributed by atoms with Crippen molar-refractivity contribution in [2.45, 2.75) is 25.4 Å². The van der Waals surface area contributed by atoms with Crippen molar-refractivity contribution in [2.75, 3.05) is 18.4 Å². The Kier molecular flexibility index (Phi) is 5.76. The van der Waals surface area contributed by atoms with Gasteiger partial charge in [0.2, 0.25) is 0 Å². The topological polar surface area (TPSA) is 70.6 Å². The van der Waals surface area contributed by atoms with Crippen molar-refractivity contribution in [1.82, 2.24) is 25.1 Å². The Morgan fingerprint density at radius 3 is 2.66 bits per heavy atom. The van der Waals surface area contributed by atoms with Crippen molar-refractivity contribution >= 4 is 16.7 Å². The van der Waals surface area contributed by atoms with Crippen LogP contribution in [0.1, 0.15) is 18.4 Å². The summed E-state index contributed by atoms with van der Waals surface area (Å²) in [7, 11) is 0. The number of aromatic nitrogens is 4. The number of H-pyrrole nitrogens is 1. The molecule has 1 aliphatic rings. The maximum absolute atomic E-state index is 13.5. The van der Waals surface area contributed by atoms with E-state index in [1.54, 1.807) is 6.07 Å². The quantitative estimate of drug-likeness (QED) is 0.311. The molecule has 3 aromatic heterocycles. The summed E-state index contributed by atoms with van der Waals surface area (Å²) in [5.74, 6) is -0.236. The van der Waals surface area contributed by atoms with Crippen LogP contribution in [-0.2, 0) is 6.54 Å². The highest BCUT2D eigenvalue weighted by atomic mass is 19.1. The van der Waals surface area contributed by atoms with Gasteiger partial charge in [-0.05, 0) is 67.4 Å². The summed E-state index contributed by atoms with van der Waals surface area (Å²) in [4.78, 5) is 7.93. The number of nitrogens with one attached hydrogen (secondary N) is 3. The lowest BCUT2D eigenvalue weighted by molar-refractivity contribution is 0.479. The standard InChI is InChI=1S/C28H27FN6/c29-23-3-1-2-19(12-23)17-35-18-22(15-33-35)27-16-32-28-26(27)13-21(14-31-28)20-4-6-24(7-5-20)34-25-8-10-30-11-9-25/h1-7,12-16,18,25,30,34H,8-11,17H2,(H,31,32). The average molecular weight is 467 g/mol. The molecule has 5 aromatic rings. The minimum absolute atomic E-state index is 0.236. The van der Waals surface area contributed by atoms with E-state index in [-0.39, 0.29) is 5.82 Å². The third kappa shape index (κ3) is 4.68. The van der Waals surface area contributed by atoms with Crippen molar-refractivity contribution in [3.05, 3.63) is 90.8 Å². The predicted molar refractivity (Wildman–Crippen MR) is 138 cm³/mol. The summed E-state index contributed by atoms with van der Waals surface area (Å²) in [6, 6.07) is 17.9. The number of anilines is 1. The van der Waals surface area contributed by atoms with Gasteiger partial charge in [-0.25, -0.2) is 9.37 Å². The van der Waals surface area contributed by atoms with Crippen molar-refractivity contribution < 1.29 is 4.39 Å². The third-order valence-corrected chi connectivity index (χ3v) is 6.64. The largest absolute Gasteiger partial charge is 0.382 e. The van der Waals surface area contributed by atoms with E-state index in [4.69, 9.17) is 0 Å². The van der Waals surface area contributed by atoms with E-state index in [1.807, 2.05) is 35.5 Å². The molecule has 7 heteroatoms. The Morgan fingerprint density at radius 2 is 1.83 bits per heavy atom. The van der Waals surface area contributed by atoms with Gasteiger partial charge in [0.1, 0.15) is 11.5 Å². The zero-order valence-electron chi connectivity index (χ0n) is 19.3. The fraction of sp³-hybridized carbons (Fsp3) is 0.214. The number of nitrogens with zero attached hydrogens (tertiary/aromatic N) is 3. The molecule has 2 aromatic carbocycles. The van der Waals surface area contributed by atoms with Crippen LogP contribution >= 0.6 is 0 Å². The van der Waals surface area contributed by atoms with E-state index in [0.29, 0.717) is 12.6 Å². The molecular weight excluding hydrogens is 439 g/mol. The maximum Gasteiger partial charge on any atom is 0.137 e. The number of fused-ring (bicyclic) bond motifs is 1. The molecule has 0 bridgehead atoms. The second-order valence-electron chi connectivity index (χ2n) is 9.12. The zero-order valence-corrected chi connectivity index (χ0v) is 19.3. The summed E-state index contributed by atoms with van der Waals surface area (Å²) >= 11 is 0. The number of piperidine rings is 1. The van der Waals surface area contributed by atoms with Crippen LogP contribution in [0.4, 0.5) is 10.1 Å². The van der Waals surface area contributed by atoms with Crippen molar-refractivity contribution in [3.8, 4) is 22.3 Å². The van der Waals surface area contributed by atoms with Crippen LogP contribution in [0.5, 0.6) is 0 Å². The average Bonchev–Trinajstić information content (AvgIpc) is 3.51. The molecule has 0 aliphatic carbocycles. The van der Waals surface area contributed by atoms with Crippen LogP contribution in [0.3, 0.4) is 0 Å². The summed E-state index contributed by atoms with van der Waals surface area (Å²) in [6.45, 7) is 2.66. The van der Waals surface area contributed by atoms with Gasteiger partial charge < -0.3 is 15.6 Å². The molecule has 0 saturated carbocycles. The van der Waals surface area contributed by atoms with Gasteiger partial charge in [0, 0.05) is 52.4 Å². The van der Waals surface area contributed by atoms with Gasteiger partial charge in [0.15, 0.2) is 0 Å². The molecule has 176 valence electrons. The van der Waals surface area contributed by atoms with Gasteiger partial charge in [-0.3, -0.25) is 4.68 Å². The number of pyridine rings is 1. The number of aromatic amines is 1. The molecule has 0 unspecified atom stereocenters. The molecule has 3 N–H and O–H groups in total. The number of hydrogen-bond acceptors (Lipinski definition) is 4. The van der Waals surface area contributed by atoms with E-state index in [1.165, 1.54) is 12.1 Å². The molecule has 35 heavy (non-hydrogen) atoms. The molecule has 4 heterocycles. The molecule has 0 amide bonds. The maximum atomic E-state index is 13.5. The summed E-state index contributed by atoms with van der Waals surface area (Å²) in [5, 5.41) is 12.6. The van der Waals surface area contributed by atoms with Crippen molar-refractivity contribution in [2.24, 2.45) is 0 Å². The predicted octanol–water partition coefficient (Wildman–Crippen LogP) is 5.44. The van der Waals surface area contributed by atoms with Gasteiger partial charge >= 0.3 is 0 Å².